The second kappa shape index (κ2) is 6.85. The number of hydrogen-bond donors (Lipinski definition) is 1. The molecule has 0 aliphatic rings. The van der Waals surface area contributed by atoms with Gasteiger partial charge >= 0.3 is 0 Å². The number of nitrogens with zero attached hydrogens (tertiary/aromatic N) is 1. The highest BCUT2D eigenvalue weighted by atomic mass is 35.5. The Kier molecular flexibility index (Phi) is 6.68. The summed E-state index contributed by atoms with van der Waals surface area (Å²) in [7, 11) is 0. The van der Waals surface area contributed by atoms with Crippen LogP contribution in [-0.4, -0.2) is 17.1 Å². The topological polar surface area (TPSA) is 44.0 Å². The molecule has 0 spiro atoms. The van der Waals surface area contributed by atoms with Crippen molar-refractivity contribution < 1.29 is 5.11 Å². The molecule has 0 aromatic rings. The summed E-state index contributed by atoms with van der Waals surface area (Å²) in [5.41, 5.74) is 0. The second-order valence-corrected chi connectivity index (χ2v) is 2.56. The molecule has 1 atom stereocenters. The average molecular weight is 162 g/mol. The van der Waals surface area contributed by atoms with Crippen LogP contribution in [-0.2, 0) is 0 Å². The number of halogens is 1. The van der Waals surface area contributed by atoms with E-state index in [1.54, 1.807) is 6.07 Å². The van der Waals surface area contributed by atoms with Gasteiger partial charge in [0.2, 0.25) is 0 Å². The maximum absolute atomic E-state index is 8.76. The van der Waals surface area contributed by atoms with E-state index in [0.29, 0.717) is 12.3 Å². The van der Waals surface area contributed by atoms with Crippen LogP contribution >= 0.6 is 11.6 Å². The number of aliphatic hydroxyl groups is 1. The lowest BCUT2D eigenvalue weighted by Crippen LogP contribution is -2.01. The van der Waals surface area contributed by atoms with Gasteiger partial charge in [-0.3, -0.25) is 0 Å². The van der Waals surface area contributed by atoms with Crippen molar-refractivity contribution in [2.75, 3.05) is 5.88 Å². The molecule has 0 fully saturated rings. The first-order valence-corrected chi connectivity index (χ1v) is 3.98. The quantitative estimate of drug-likeness (QED) is 0.379. The Labute approximate surface area is 66.4 Å². The first-order chi connectivity index (χ1) is 4.81. The molecule has 0 radical (unpaired) electrons. The summed E-state index contributed by atoms with van der Waals surface area (Å²) in [5, 5.41) is 16.9. The Hall–Kier alpha value is -0.260. The van der Waals surface area contributed by atoms with E-state index in [1.165, 1.54) is 0 Å². The predicted molar refractivity (Wildman–Crippen MR) is 40.8 cm³/mol. The minimum absolute atomic E-state index is 0.577. The summed E-state index contributed by atoms with van der Waals surface area (Å²) in [6.45, 7) is 0. The van der Waals surface area contributed by atoms with Gasteiger partial charge < -0.3 is 5.11 Å². The van der Waals surface area contributed by atoms with E-state index in [2.05, 4.69) is 0 Å². The third-order valence-corrected chi connectivity index (χ3v) is 1.53. The van der Waals surface area contributed by atoms with E-state index < -0.39 is 6.10 Å². The molecule has 0 aromatic carbocycles. The molecule has 0 rings (SSSR count). The van der Waals surface area contributed by atoms with E-state index >= 15 is 0 Å². The van der Waals surface area contributed by atoms with Crippen molar-refractivity contribution in [3.05, 3.63) is 0 Å². The van der Waals surface area contributed by atoms with E-state index in [0.717, 1.165) is 19.3 Å². The molecule has 0 bridgehead atoms. The highest BCUT2D eigenvalue weighted by Crippen LogP contribution is 2.03. The lowest BCUT2D eigenvalue weighted by molar-refractivity contribution is 0.215. The molecule has 1 N–H and O–H groups in total. The summed E-state index contributed by atoms with van der Waals surface area (Å²) in [5.74, 6) is 0.669. The van der Waals surface area contributed by atoms with Gasteiger partial charge in [0.15, 0.2) is 0 Å². The van der Waals surface area contributed by atoms with Crippen LogP contribution in [0.2, 0.25) is 0 Å². The van der Waals surface area contributed by atoms with Crippen LogP contribution in [0.4, 0.5) is 0 Å². The first-order valence-electron chi connectivity index (χ1n) is 3.45. The van der Waals surface area contributed by atoms with Gasteiger partial charge in [0, 0.05) is 5.88 Å². The van der Waals surface area contributed by atoms with Gasteiger partial charge in [-0.1, -0.05) is 6.42 Å². The van der Waals surface area contributed by atoms with E-state index in [-0.39, 0.29) is 0 Å². The molecule has 3 heteroatoms. The zero-order valence-electron chi connectivity index (χ0n) is 5.89. The Morgan fingerprint density at radius 2 is 2.10 bits per heavy atom. The Morgan fingerprint density at radius 1 is 1.40 bits per heavy atom. The van der Waals surface area contributed by atoms with Crippen LogP contribution in [0, 0.1) is 11.3 Å². The Bertz CT molecular complexity index is 111. The van der Waals surface area contributed by atoms with Crippen LogP contribution in [0.25, 0.3) is 0 Å². The van der Waals surface area contributed by atoms with Gasteiger partial charge in [0.1, 0.15) is 6.10 Å². The Morgan fingerprint density at radius 3 is 2.60 bits per heavy atom. The number of nitriles is 1. The van der Waals surface area contributed by atoms with Crippen molar-refractivity contribution >= 4 is 11.6 Å². The fraction of sp³-hybridized carbons (Fsp3) is 0.857. The summed E-state index contributed by atoms with van der Waals surface area (Å²) >= 11 is 5.42. The lowest BCUT2D eigenvalue weighted by Gasteiger charge is -1.98. The van der Waals surface area contributed by atoms with Gasteiger partial charge in [0.05, 0.1) is 6.07 Å². The van der Waals surface area contributed by atoms with E-state index in [1.807, 2.05) is 0 Å². The molecule has 58 valence electrons. The molecule has 0 aliphatic carbocycles. The van der Waals surface area contributed by atoms with Crippen molar-refractivity contribution in [1.29, 1.82) is 5.26 Å². The molecule has 0 heterocycles. The maximum atomic E-state index is 8.76. The normalized spacial score (nSPS) is 12.5. The predicted octanol–water partition coefficient (Wildman–Crippen LogP) is 1.67. The van der Waals surface area contributed by atoms with E-state index in [9.17, 15) is 0 Å². The minimum atomic E-state index is -0.782. The molecule has 1 unspecified atom stereocenters. The summed E-state index contributed by atoms with van der Waals surface area (Å²) in [6, 6.07) is 1.76. The third kappa shape index (κ3) is 5.87. The van der Waals surface area contributed by atoms with Crippen LogP contribution in [0.1, 0.15) is 25.7 Å². The molecular formula is C7H12ClNO. The van der Waals surface area contributed by atoms with Crippen molar-refractivity contribution in [2.24, 2.45) is 0 Å². The van der Waals surface area contributed by atoms with Crippen molar-refractivity contribution in [2.45, 2.75) is 31.8 Å². The van der Waals surface area contributed by atoms with Crippen LogP contribution in [0.3, 0.4) is 0 Å². The average Bonchev–Trinajstić information content (AvgIpc) is 1.98. The second-order valence-electron chi connectivity index (χ2n) is 2.18. The standard InChI is InChI=1S/C7H12ClNO/c8-5-3-1-2-4-7(10)6-9/h7,10H,1-5H2. The molecule has 0 amide bonds. The zero-order valence-corrected chi connectivity index (χ0v) is 6.64. The lowest BCUT2D eigenvalue weighted by atomic mass is 10.1. The van der Waals surface area contributed by atoms with Crippen LogP contribution in [0.15, 0.2) is 0 Å². The van der Waals surface area contributed by atoms with Gasteiger partial charge in [-0.05, 0) is 19.3 Å². The highest BCUT2D eigenvalue weighted by molar-refractivity contribution is 6.17. The third-order valence-electron chi connectivity index (χ3n) is 1.26. The largest absolute Gasteiger partial charge is 0.378 e. The van der Waals surface area contributed by atoms with Gasteiger partial charge in [-0.25, -0.2) is 0 Å². The molecule has 2 nitrogen and oxygen atoms in total. The Balaban J connectivity index is 2.98. The van der Waals surface area contributed by atoms with Gasteiger partial charge in [-0.2, -0.15) is 5.26 Å². The fourth-order valence-electron chi connectivity index (χ4n) is 0.674. The molecule has 10 heavy (non-hydrogen) atoms. The van der Waals surface area contributed by atoms with Crippen LogP contribution < -0.4 is 0 Å². The summed E-state index contributed by atoms with van der Waals surface area (Å²) < 4.78 is 0. The number of rotatable bonds is 5. The van der Waals surface area contributed by atoms with Crippen molar-refractivity contribution in [3.63, 3.8) is 0 Å². The van der Waals surface area contributed by atoms with Crippen LogP contribution in [0.5, 0.6) is 0 Å². The summed E-state index contributed by atoms with van der Waals surface area (Å²) in [6.07, 6.45) is 2.66. The molecule has 0 saturated carbocycles. The number of hydrogen-bond acceptors (Lipinski definition) is 2. The minimum Gasteiger partial charge on any atom is -0.378 e. The first kappa shape index (κ1) is 9.74. The highest BCUT2D eigenvalue weighted by Gasteiger charge is 1.98. The number of aliphatic hydroxyl groups excluding tert-OH is 1. The fourth-order valence-corrected chi connectivity index (χ4v) is 0.862. The maximum Gasteiger partial charge on any atom is 0.140 e. The zero-order chi connectivity index (χ0) is 7.82. The monoisotopic (exact) mass is 161 g/mol. The van der Waals surface area contributed by atoms with Gasteiger partial charge in [0.25, 0.3) is 0 Å². The SMILES string of the molecule is N#CC(O)CCCCCCl. The number of unbranched alkanes of at least 4 members (excludes halogenated alkanes) is 2. The smallest absolute Gasteiger partial charge is 0.140 e. The van der Waals surface area contributed by atoms with Gasteiger partial charge in [-0.15, -0.1) is 11.6 Å². The number of alkyl halides is 1. The van der Waals surface area contributed by atoms with E-state index in [4.69, 9.17) is 22.0 Å². The van der Waals surface area contributed by atoms with Crippen molar-refractivity contribution in [3.8, 4) is 6.07 Å². The molecule has 0 saturated heterocycles. The summed E-state index contributed by atoms with van der Waals surface area (Å²) in [4.78, 5) is 0. The molecule has 0 aliphatic heterocycles. The molecule has 0 aromatic heterocycles. The molecular weight excluding hydrogens is 150 g/mol. The van der Waals surface area contributed by atoms with Crippen molar-refractivity contribution in [1.82, 2.24) is 0 Å².